The summed E-state index contributed by atoms with van der Waals surface area (Å²) >= 11 is 0. The van der Waals surface area contributed by atoms with Crippen molar-refractivity contribution in [3.8, 4) is 0 Å². The Morgan fingerprint density at radius 3 is 1.48 bits per heavy atom. The molecule has 0 saturated carbocycles. The van der Waals surface area contributed by atoms with Crippen LogP contribution in [0.4, 0.5) is 0 Å². The Bertz CT molecular complexity index is 1450. The maximum atomic E-state index is 2.25. The molecule has 0 amide bonds. The predicted molar refractivity (Wildman–Crippen MR) is 182 cm³/mol. The second kappa shape index (κ2) is 16.3. The molecular weight excluding hydrogens is 480 g/mol. The summed E-state index contributed by atoms with van der Waals surface area (Å²) in [6.07, 6.45) is 30.0. The van der Waals surface area contributed by atoms with Crippen molar-refractivity contribution in [2.45, 2.75) is 69.2 Å². The summed E-state index contributed by atoms with van der Waals surface area (Å²) in [5.41, 5.74) is 15.5. The maximum Gasteiger partial charge on any atom is -0.0222 e. The minimum Gasteiger partial charge on any atom is -0.0620 e. The Hall–Kier alpha value is -3.90. The molecule has 0 bridgehead atoms. The third-order valence-corrected chi connectivity index (χ3v) is 7.27. The molecule has 2 aromatic rings. The van der Waals surface area contributed by atoms with Gasteiger partial charge in [0.1, 0.15) is 0 Å². The van der Waals surface area contributed by atoms with Gasteiger partial charge >= 0.3 is 0 Å². The molecule has 0 N–H and O–H groups in total. The van der Waals surface area contributed by atoms with Gasteiger partial charge in [0.25, 0.3) is 0 Å². The molecule has 0 unspecified atom stereocenters. The third-order valence-electron chi connectivity index (χ3n) is 7.27. The summed E-state index contributed by atoms with van der Waals surface area (Å²) in [7, 11) is 0. The Labute approximate surface area is 245 Å². The van der Waals surface area contributed by atoms with E-state index in [0.717, 1.165) is 0 Å². The molecule has 2 rings (SSSR count). The zero-order valence-corrected chi connectivity index (χ0v) is 26.4. The second-order valence-corrected chi connectivity index (χ2v) is 10.9. The Kier molecular flexibility index (Phi) is 13.1. The van der Waals surface area contributed by atoms with Crippen molar-refractivity contribution in [3.05, 3.63) is 164 Å². The van der Waals surface area contributed by atoms with E-state index in [1.54, 1.807) is 0 Å². The fourth-order valence-corrected chi connectivity index (χ4v) is 4.19. The molecule has 0 fully saturated rings. The van der Waals surface area contributed by atoms with Gasteiger partial charge in [-0.25, -0.2) is 0 Å². The van der Waals surface area contributed by atoms with Crippen molar-refractivity contribution in [2.24, 2.45) is 0 Å². The van der Waals surface area contributed by atoms with Gasteiger partial charge in [-0.15, -0.1) is 0 Å². The van der Waals surface area contributed by atoms with Crippen LogP contribution in [-0.4, -0.2) is 0 Å². The summed E-state index contributed by atoms with van der Waals surface area (Å²) in [6.45, 7) is 21.6. The molecule has 0 saturated heterocycles. The van der Waals surface area contributed by atoms with Crippen LogP contribution in [0.5, 0.6) is 0 Å². The lowest BCUT2D eigenvalue weighted by molar-refractivity contribution is 1.26. The summed E-state index contributed by atoms with van der Waals surface area (Å²) < 4.78 is 0. The predicted octanol–water partition coefficient (Wildman–Crippen LogP) is 11.7. The number of benzene rings is 2. The number of hydrogen-bond donors (Lipinski definition) is 0. The highest BCUT2D eigenvalue weighted by Gasteiger charge is 2.01. The van der Waals surface area contributed by atoms with Crippen LogP contribution in [0, 0.1) is 41.5 Å². The van der Waals surface area contributed by atoms with Gasteiger partial charge in [0, 0.05) is 0 Å². The second-order valence-electron chi connectivity index (χ2n) is 10.9. The van der Waals surface area contributed by atoms with E-state index in [0.29, 0.717) is 0 Å². The molecule has 0 aliphatic heterocycles. The van der Waals surface area contributed by atoms with Gasteiger partial charge in [-0.3, -0.25) is 0 Å². The van der Waals surface area contributed by atoms with E-state index in [-0.39, 0.29) is 0 Å². The lowest BCUT2D eigenvalue weighted by Gasteiger charge is -2.07. The summed E-state index contributed by atoms with van der Waals surface area (Å²) in [6, 6.07) is 8.88. The molecule has 0 nitrogen and oxygen atoms in total. The fourth-order valence-electron chi connectivity index (χ4n) is 4.19. The van der Waals surface area contributed by atoms with Gasteiger partial charge in [0.05, 0.1) is 0 Å². The van der Waals surface area contributed by atoms with E-state index in [1.807, 2.05) is 0 Å². The van der Waals surface area contributed by atoms with Crippen molar-refractivity contribution in [3.63, 3.8) is 0 Å². The average Bonchev–Trinajstić information content (AvgIpc) is 2.90. The molecule has 0 heteroatoms. The average molecular weight is 529 g/mol. The van der Waals surface area contributed by atoms with E-state index in [9.17, 15) is 0 Å². The van der Waals surface area contributed by atoms with Crippen molar-refractivity contribution in [1.29, 1.82) is 0 Å². The SMILES string of the molecule is CC(C=CC=C(C)C=Cc1cc(C)cc(C)c1C)=CC=CC=C(C)C=CC=C(C)C=Cc1ccc(C)c(C)c1C. The van der Waals surface area contributed by atoms with Gasteiger partial charge in [-0.05, 0) is 108 Å². The van der Waals surface area contributed by atoms with Gasteiger partial charge in [0.2, 0.25) is 0 Å². The molecule has 2 aromatic carbocycles. The molecule has 0 aliphatic rings. The quantitative estimate of drug-likeness (QED) is 0.269. The Morgan fingerprint density at radius 2 is 0.925 bits per heavy atom. The van der Waals surface area contributed by atoms with E-state index >= 15 is 0 Å². The molecule has 0 spiro atoms. The maximum absolute atomic E-state index is 2.25. The zero-order valence-electron chi connectivity index (χ0n) is 26.4. The summed E-state index contributed by atoms with van der Waals surface area (Å²) in [5.74, 6) is 0. The van der Waals surface area contributed by atoms with Crippen LogP contribution in [0.25, 0.3) is 12.2 Å². The largest absolute Gasteiger partial charge is 0.0620 e. The fraction of sp³-hybridized carbons (Fsp3) is 0.250. The van der Waals surface area contributed by atoms with Gasteiger partial charge < -0.3 is 0 Å². The molecule has 40 heavy (non-hydrogen) atoms. The first-order valence-electron chi connectivity index (χ1n) is 14.2. The van der Waals surface area contributed by atoms with E-state index in [2.05, 4.69) is 179 Å². The molecule has 0 atom stereocenters. The molecule has 0 radical (unpaired) electrons. The van der Waals surface area contributed by atoms with Crippen LogP contribution in [-0.2, 0) is 0 Å². The molecular formula is C40H48. The normalized spacial score (nSPS) is 14.3. The van der Waals surface area contributed by atoms with Gasteiger partial charge in [-0.2, -0.15) is 0 Å². The van der Waals surface area contributed by atoms with Crippen LogP contribution in [0.2, 0.25) is 0 Å². The van der Waals surface area contributed by atoms with Crippen LogP contribution in [0.15, 0.2) is 119 Å². The minimum absolute atomic E-state index is 1.21. The van der Waals surface area contributed by atoms with E-state index in [1.165, 1.54) is 66.8 Å². The summed E-state index contributed by atoms with van der Waals surface area (Å²) in [5, 5.41) is 0. The highest BCUT2D eigenvalue weighted by Crippen LogP contribution is 2.19. The lowest BCUT2D eigenvalue weighted by Crippen LogP contribution is -1.89. The first-order valence-corrected chi connectivity index (χ1v) is 14.2. The standard InChI is InChI=1S/C40H48/c1-29(17-13-19-31(3)21-24-39-26-23-34(6)36(8)38(39)10)15-11-12-16-30(2)18-14-20-32(4)22-25-40-28-33(5)27-35(7)37(40)9/h11-28H,1-10H3. The smallest absolute Gasteiger partial charge is 0.0222 e. The highest BCUT2D eigenvalue weighted by molar-refractivity contribution is 5.60. The molecule has 0 aromatic heterocycles. The van der Waals surface area contributed by atoms with Crippen LogP contribution >= 0.6 is 0 Å². The number of allylic oxidation sites excluding steroid dienone is 16. The molecule has 0 heterocycles. The number of hydrogen-bond acceptors (Lipinski definition) is 0. The molecule has 208 valence electrons. The first-order chi connectivity index (χ1) is 19.0. The van der Waals surface area contributed by atoms with Crippen molar-refractivity contribution >= 4 is 12.2 Å². The van der Waals surface area contributed by atoms with Crippen molar-refractivity contribution in [2.75, 3.05) is 0 Å². The zero-order chi connectivity index (χ0) is 29.7. The van der Waals surface area contributed by atoms with Crippen molar-refractivity contribution in [1.82, 2.24) is 0 Å². The Morgan fingerprint density at radius 1 is 0.450 bits per heavy atom. The summed E-state index contributed by atoms with van der Waals surface area (Å²) in [4.78, 5) is 0. The van der Waals surface area contributed by atoms with Crippen LogP contribution in [0.3, 0.4) is 0 Å². The van der Waals surface area contributed by atoms with E-state index < -0.39 is 0 Å². The highest BCUT2D eigenvalue weighted by atomic mass is 14.1. The van der Waals surface area contributed by atoms with Gasteiger partial charge in [-0.1, -0.05) is 137 Å². The first kappa shape index (κ1) is 32.3. The molecule has 0 aliphatic carbocycles. The van der Waals surface area contributed by atoms with E-state index in [4.69, 9.17) is 0 Å². The lowest BCUT2D eigenvalue weighted by atomic mass is 9.98. The topological polar surface area (TPSA) is 0 Å². The number of aryl methyl sites for hydroxylation is 3. The Balaban J connectivity index is 1.90. The van der Waals surface area contributed by atoms with Crippen molar-refractivity contribution < 1.29 is 0 Å². The minimum atomic E-state index is 1.21. The monoisotopic (exact) mass is 528 g/mol. The number of rotatable bonds is 10. The van der Waals surface area contributed by atoms with Crippen LogP contribution in [0.1, 0.15) is 72.2 Å². The van der Waals surface area contributed by atoms with Crippen LogP contribution < -0.4 is 0 Å². The third kappa shape index (κ3) is 11.1. The van der Waals surface area contributed by atoms with Gasteiger partial charge in [0.15, 0.2) is 0 Å².